The maximum atomic E-state index is 5.08. The van der Waals surface area contributed by atoms with Crippen molar-refractivity contribution in [3.63, 3.8) is 0 Å². The van der Waals surface area contributed by atoms with Crippen LogP contribution in [0.4, 0.5) is 0 Å². The molecule has 0 amide bonds. The van der Waals surface area contributed by atoms with Gasteiger partial charge in [0.2, 0.25) is 5.88 Å². The largest absolute Gasteiger partial charge is 0.480 e. The van der Waals surface area contributed by atoms with E-state index >= 15 is 0 Å². The van der Waals surface area contributed by atoms with Crippen molar-refractivity contribution in [3.8, 4) is 5.88 Å². The number of ether oxygens (including phenoxy) is 1. The van der Waals surface area contributed by atoms with E-state index in [9.17, 15) is 0 Å². The van der Waals surface area contributed by atoms with Gasteiger partial charge in [-0.1, -0.05) is 0 Å². The highest BCUT2D eigenvalue weighted by molar-refractivity contribution is 9.10. The molecule has 0 aliphatic carbocycles. The molecule has 0 N–H and O–H groups in total. The monoisotopic (exact) mass is 301 g/mol. The molecule has 0 spiro atoms. The summed E-state index contributed by atoms with van der Waals surface area (Å²) in [5, 5.41) is 5.25. The summed E-state index contributed by atoms with van der Waals surface area (Å²) in [5.74, 6) is 0.500. The van der Waals surface area contributed by atoms with Crippen molar-refractivity contribution in [2.24, 2.45) is 7.05 Å². The molecule has 0 aliphatic rings. The number of hydrogen-bond acceptors (Lipinski definition) is 6. The molecule has 0 bridgehead atoms. The maximum absolute atomic E-state index is 5.08. The van der Waals surface area contributed by atoms with Gasteiger partial charge >= 0.3 is 0 Å². The fourth-order valence-corrected chi connectivity index (χ4v) is 2.02. The minimum Gasteiger partial charge on any atom is -0.480 e. The molecule has 16 heavy (non-hydrogen) atoms. The zero-order valence-electron chi connectivity index (χ0n) is 8.59. The van der Waals surface area contributed by atoms with E-state index in [2.05, 4.69) is 36.0 Å². The van der Waals surface area contributed by atoms with Crippen LogP contribution < -0.4 is 4.74 Å². The van der Waals surface area contributed by atoms with Gasteiger partial charge in [0.05, 0.1) is 11.6 Å². The van der Waals surface area contributed by atoms with E-state index in [1.807, 2.05) is 7.05 Å². The first kappa shape index (κ1) is 11.3. The molecule has 8 heteroatoms. The standard InChI is InChI=1S/C8H8BrN5OS/c1-14-8(11-4-12-14)16-7-10-3-5(9)6(13-7)15-2/h3-4H,1-2H3. The summed E-state index contributed by atoms with van der Waals surface area (Å²) in [7, 11) is 3.37. The number of halogens is 1. The predicted octanol–water partition coefficient (Wildman–Crippen LogP) is 1.53. The third-order valence-electron chi connectivity index (χ3n) is 1.74. The molecular formula is C8H8BrN5OS. The van der Waals surface area contributed by atoms with E-state index < -0.39 is 0 Å². The number of nitrogens with zero attached hydrogens (tertiary/aromatic N) is 5. The average Bonchev–Trinajstić information content (AvgIpc) is 2.67. The molecule has 0 unspecified atom stereocenters. The van der Waals surface area contributed by atoms with E-state index in [-0.39, 0.29) is 0 Å². The lowest BCUT2D eigenvalue weighted by molar-refractivity contribution is 0.389. The molecule has 0 aromatic carbocycles. The molecule has 0 atom stereocenters. The highest BCUT2D eigenvalue weighted by Crippen LogP contribution is 2.27. The van der Waals surface area contributed by atoms with Gasteiger partial charge in [-0.05, 0) is 27.7 Å². The first-order chi connectivity index (χ1) is 7.70. The van der Waals surface area contributed by atoms with Crippen LogP contribution in [0.25, 0.3) is 0 Å². The Labute approximate surface area is 105 Å². The van der Waals surface area contributed by atoms with Crippen LogP contribution in [0.5, 0.6) is 5.88 Å². The Kier molecular flexibility index (Phi) is 3.39. The Morgan fingerprint density at radius 1 is 1.44 bits per heavy atom. The van der Waals surface area contributed by atoms with Gasteiger partial charge in [0.25, 0.3) is 0 Å². The molecule has 0 saturated carbocycles. The number of aromatic nitrogens is 5. The van der Waals surface area contributed by atoms with Gasteiger partial charge in [0.1, 0.15) is 6.33 Å². The van der Waals surface area contributed by atoms with Crippen molar-refractivity contribution in [2.45, 2.75) is 10.3 Å². The van der Waals surface area contributed by atoms with Crippen LogP contribution in [0, 0.1) is 0 Å². The number of hydrogen-bond donors (Lipinski definition) is 0. The molecule has 6 nitrogen and oxygen atoms in total. The highest BCUT2D eigenvalue weighted by atomic mass is 79.9. The fourth-order valence-electron chi connectivity index (χ4n) is 0.988. The summed E-state index contributed by atoms with van der Waals surface area (Å²) >= 11 is 4.62. The Morgan fingerprint density at radius 2 is 2.25 bits per heavy atom. The van der Waals surface area contributed by atoms with Crippen LogP contribution in [-0.2, 0) is 7.05 Å². The average molecular weight is 302 g/mol. The minimum atomic E-state index is 0.500. The maximum Gasteiger partial charge on any atom is 0.231 e. The normalized spacial score (nSPS) is 10.4. The van der Waals surface area contributed by atoms with Gasteiger partial charge in [0.15, 0.2) is 10.3 Å². The number of methoxy groups -OCH3 is 1. The summed E-state index contributed by atoms with van der Waals surface area (Å²) in [6.07, 6.45) is 3.13. The van der Waals surface area contributed by atoms with Crippen molar-refractivity contribution in [1.29, 1.82) is 0 Å². The first-order valence-corrected chi connectivity index (χ1v) is 5.90. The molecule has 0 aliphatic heterocycles. The minimum absolute atomic E-state index is 0.500. The third kappa shape index (κ3) is 2.33. The van der Waals surface area contributed by atoms with Crippen LogP contribution in [0.2, 0.25) is 0 Å². The first-order valence-electron chi connectivity index (χ1n) is 4.29. The zero-order valence-corrected chi connectivity index (χ0v) is 11.0. The molecule has 2 aromatic heterocycles. The Hall–Kier alpha value is -1.15. The van der Waals surface area contributed by atoms with Crippen LogP contribution in [0.1, 0.15) is 0 Å². The molecule has 2 heterocycles. The summed E-state index contributed by atoms with van der Waals surface area (Å²) in [4.78, 5) is 12.4. The molecule has 2 rings (SSSR count). The molecule has 0 saturated heterocycles. The second kappa shape index (κ2) is 4.79. The van der Waals surface area contributed by atoms with E-state index in [1.54, 1.807) is 18.0 Å². The summed E-state index contributed by atoms with van der Waals surface area (Å²) in [5.41, 5.74) is 0. The van der Waals surface area contributed by atoms with Gasteiger partial charge < -0.3 is 4.74 Å². The van der Waals surface area contributed by atoms with Gasteiger partial charge in [-0.2, -0.15) is 10.1 Å². The van der Waals surface area contributed by atoms with Crippen molar-refractivity contribution < 1.29 is 4.74 Å². The molecule has 0 radical (unpaired) electrons. The van der Waals surface area contributed by atoms with Crippen molar-refractivity contribution in [3.05, 3.63) is 17.0 Å². The SMILES string of the molecule is COc1nc(Sc2ncnn2C)ncc1Br. The van der Waals surface area contributed by atoms with Crippen LogP contribution in [0.15, 0.2) is 27.3 Å². The predicted molar refractivity (Wildman–Crippen MR) is 61.4 cm³/mol. The van der Waals surface area contributed by atoms with Gasteiger partial charge in [-0.15, -0.1) is 0 Å². The molecule has 84 valence electrons. The van der Waals surface area contributed by atoms with Crippen molar-refractivity contribution in [2.75, 3.05) is 7.11 Å². The van der Waals surface area contributed by atoms with E-state index in [0.717, 1.165) is 9.63 Å². The Balaban J connectivity index is 2.25. The van der Waals surface area contributed by atoms with Crippen LogP contribution in [0.3, 0.4) is 0 Å². The highest BCUT2D eigenvalue weighted by Gasteiger charge is 2.09. The second-order valence-electron chi connectivity index (χ2n) is 2.78. The zero-order chi connectivity index (χ0) is 11.5. The number of aryl methyl sites for hydroxylation is 1. The van der Waals surface area contributed by atoms with Crippen molar-refractivity contribution >= 4 is 27.7 Å². The smallest absolute Gasteiger partial charge is 0.231 e. The third-order valence-corrected chi connectivity index (χ3v) is 3.21. The summed E-state index contributed by atoms with van der Waals surface area (Å²) in [6.45, 7) is 0. The molecule has 2 aromatic rings. The van der Waals surface area contributed by atoms with Crippen molar-refractivity contribution in [1.82, 2.24) is 24.7 Å². The van der Waals surface area contributed by atoms with Gasteiger partial charge in [-0.3, -0.25) is 0 Å². The topological polar surface area (TPSA) is 65.7 Å². The van der Waals surface area contributed by atoms with Gasteiger partial charge in [0, 0.05) is 13.2 Å². The van der Waals surface area contributed by atoms with E-state index in [0.29, 0.717) is 11.0 Å². The van der Waals surface area contributed by atoms with E-state index in [4.69, 9.17) is 4.74 Å². The Bertz CT molecular complexity index is 503. The summed E-state index contributed by atoms with van der Waals surface area (Å²) in [6, 6.07) is 0. The quantitative estimate of drug-likeness (QED) is 0.801. The summed E-state index contributed by atoms with van der Waals surface area (Å²) < 4.78 is 7.46. The molecular weight excluding hydrogens is 294 g/mol. The second-order valence-corrected chi connectivity index (χ2v) is 4.57. The lowest BCUT2D eigenvalue weighted by Gasteiger charge is -2.03. The fraction of sp³-hybridized carbons (Fsp3) is 0.250. The Morgan fingerprint density at radius 3 is 2.88 bits per heavy atom. The number of rotatable bonds is 3. The van der Waals surface area contributed by atoms with Gasteiger partial charge in [-0.25, -0.2) is 14.6 Å². The lowest BCUT2D eigenvalue weighted by Crippen LogP contribution is -1.96. The molecule has 0 fully saturated rings. The van der Waals surface area contributed by atoms with Crippen LogP contribution >= 0.6 is 27.7 Å². The van der Waals surface area contributed by atoms with E-state index in [1.165, 1.54) is 18.1 Å². The van der Waals surface area contributed by atoms with Crippen LogP contribution in [-0.4, -0.2) is 31.8 Å². The lowest BCUT2D eigenvalue weighted by atomic mass is 10.6.